The van der Waals surface area contributed by atoms with Gasteiger partial charge >= 0.3 is 0 Å². The maximum Gasteiger partial charge on any atom is 0.261 e. The van der Waals surface area contributed by atoms with E-state index < -0.39 is 0 Å². The van der Waals surface area contributed by atoms with Crippen molar-refractivity contribution >= 4 is 40.1 Å². The number of hydrogen-bond acceptors (Lipinski definition) is 5. The minimum atomic E-state index is -0.00355. The number of fused-ring (bicyclic) bond motifs is 3. The number of carbonyl (C=O) groups is 1. The second-order valence-corrected chi connectivity index (χ2v) is 16.0. The number of hydrogen-bond donors (Lipinski definition) is 2. The number of aromatic nitrogens is 2. The first-order chi connectivity index (χ1) is 23.0. The summed E-state index contributed by atoms with van der Waals surface area (Å²) in [6.07, 6.45) is 5.06. The summed E-state index contributed by atoms with van der Waals surface area (Å²) in [4.78, 5) is 41.7. The number of nitrogens with zero attached hydrogens (tertiary/aromatic N) is 5. The van der Waals surface area contributed by atoms with Crippen LogP contribution in [0.25, 0.3) is 10.9 Å². The molecule has 1 amide bonds. The molecule has 2 saturated heterocycles. The zero-order chi connectivity index (χ0) is 33.7. The summed E-state index contributed by atoms with van der Waals surface area (Å²) >= 11 is 6.13. The smallest absolute Gasteiger partial charge is 0.261 e. The van der Waals surface area contributed by atoms with Gasteiger partial charge in [-0.1, -0.05) is 44.5 Å². The van der Waals surface area contributed by atoms with Gasteiger partial charge in [0.05, 0.1) is 23.1 Å². The number of likely N-dealkylation sites (tertiary alicyclic amines) is 1. The van der Waals surface area contributed by atoms with Crippen LogP contribution in [0.1, 0.15) is 70.7 Å². The van der Waals surface area contributed by atoms with Gasteiger partial charge in [-0.2, -0.15) is 0 Å². The standard InChI is InChI=1S/C38H50ClN7O2/c1-23-21-45(22-34(47)40-23)37(43-32-19-27-18-31(24(32)2)38(27,3)4)41-29-10-11-30-33(20-29)42-35(26-13-15-44(5)16-14-26)46(36(30)48)17-12-25-6-8-28(39)9-7-25/h6-11,20,23-24,26-27,31-32H,12-19,21-22H2,1-5H3,(H,40,47)(H,41,43)/t23-,24+,27-,31-,32-/m0/s1. The van der Waals surface area contributed by atoms with Crippen LogP contribution < -0.4 is 16.2 Å². The maximum absolute atomic E-state index is 14.2. The fourth-order valence-corrected chi connectivity index (χ4v) is 9.03. The summed E-state index contributed by atoms with van der Waals surface area (Å²) < 4.78 is 1.91. The number of aliphatic imine (C=N–C) groups is 1. The normalized spacial score (nSPS) is 27.9. The highest BCUT2D eigenvalue weighted by Crippen LogP contribution is 2.61. The van der Waals surface area contributed by atoms with Crippen LogP contribution >= 0.6 is 11.6 Å². The Morgan fingerprint density at radius 1 is 1.08 bits per heavy atom. The highest BCUT2D eigenvalue weighted by atomic mass is 35.5. The average Bonchev–Trinajstić information content (AvgIpc) is 3.05. The van der Waals surface area contributed by atoms with Crippen LogP contribution in [0.5, 0.6) is 0 Å². The third kappa shape index (κ3) is 6.48. The summed E-state index contributed by atoms with van der Waals surface area (Å²) in [5.74, 6) is 3.71. The zero-order valence-corrected chi connectivity index (χ0v) is 29.8. The number of nitrogens with one attached hydrogen (secondary N) is 2. The van der Waals surface area contributed by atoms with E-state index in [9.17, 15) is 9.59 Å². The monoisotopic (exact) mass is 671 g/mol. The molecule has 5 aliphatic rings. The van der Waals surface area contributed by atoms with Crippen LogP contribution in [0.15, 0.2) is 52.3 Å². The molecule has 10 heteroatoms. The fraction of sp³-hybridized carbons (Fsp3) is 0.579. The molecule has 2 N–H and O–H groups in total. The van der Waals surface area contributed by atoms with Gasteiger partial charge in [0.1, 0.15) is 5.82 Å². The highest BCUT2D eigenvalue weighted by molar-refractivity contribution is 6.30. The van der Waals surface area contributed by atoms with Gasteiger partial charge in [-0.05, 0) is 118 Å². The van der Waals surface area contributed by atoms with Gasteiger partial charge in [0.2, 0.25) is 5.91 Å². The molecule has 5 atom stereocenters. The second-order valence-electron chi connectivity index (χ2n) is 15.6. The first kappa shape index (κ1) is 33.1. The molecule has 9 nitrogen and oxygen atoms in total. The Balaban J connectivity index is 1.24. The van der Waals surface area contributed by atoms with Crippen LogP contribution in [0.3, 0.4) is 0 Å². The van der Waals surface area contributed by atoms with E-state index in [1.165, 1.54) is 6.42 Å². The lowest BCUT2D eigenvalue weighted by atomic mass is 9.45. The Hall–Kier alpha value is -3.43. The van der Waals surface area contributed by atoms with Gasteiger partial charge in [0.15, 0.2) is 5.96 Å². The summed E-state index contributed by atoms with van der Waals surface area (Å²) in [7, 11) is 2.15. The number of amides is 1. The number of rotatable bonds is 6. The van der Waals surface area contributed by atoms with Crippen LogP contribution in [0, 0.1) is 23.2 Å². The van der Waals surface area contributed by atoms with Crippen molar-refractivity contribution in [2.75, 3.05) is 33.2 Å². The van der Waals surface area contributed by atoms with Crippen molar-refractivity contribution in [1.29, 1.82) is 0 Å². The van der Waals surface area contributed by atoms with E-state index in [1.807, 2.05) is 54.0 Å². The van der Waals surface area contributed by atoms with Crippen molar-refractivity contribution in [3.8, 4) is 0 Å². The van der Waals surface area contributed by atoms with Gasteiger partial charge < -0.3 is 20.4 Å². The van der Waals surface area contributed by atoms with Crippen LogP contribution in [0.4, 0.5) is 5.69 Å². The van der Waals surface area contributed by atoms with Crippen molar-refractivity contribution < 1.29 is 4.79 Å². The molecule has 3 aliphatic carbocycles. The van der Waals surface area contributed by atoms with Gasteiger partial charge in [-0.15, -0.1) is 0 Å². The highest BCUT2D eigenvalue weighted by Gasteiger charge is 2.56. The topological polar surface area (TPSA) is 94.9 Å². The molecule has 2 aromatic carbocycles. The number of aryl methyl sites for hydroxylation is 1. The predicted molar refractivity (Wildman–Crippen MR) is 193 cm³/mol. The molecule has 256 valence electrons. The Bertz CT molecular complexity index is 1760. The van der Waals surface area contributed by atoms with Crippen molar-refractivity contribution in [3.05, 3.63) is 69.2 Å². The molecule has 3 aromatic rings. The van der Waals surface area contributed by atoms with Crippen LogP contribution in [-0.4, -0.2) is 76.5 Å². The largest absolute Gasteiger partial charge is 0.353 e. The zero-order valence-electron chi connectivity index (χ0n) is 29.0. The molecule has 0 spiro atoms. The number of benzene rings is 2. The van der Waals surface area contributed by atoms with Crippen molar-refractivity contribution in [2.45, 2.75) is 84.3 Å². The molecule has 3 saturated carbocycles. The quantitative estimate of drug-likeness (QED) is 0.263. The van der Waals surface area contributed by atoms with Crippen molar-refractivity contribution in [2.24, 2.45) is 28.2 Å². The first-order valence-corrected chi connectivity index (χ1v) is 18.2. The van der Waals surface area contributed by atoms with E-state index in [0.29, 0.717) is 58.2 Å². The first-order valence-electron chi connectivity index (χ1n) is 17.8. The lowest BCUT2D eigenvalue weighted by Gasteiger charge is -2.62. The minimum absolute atomic E-state index is 0.00355. The van der Waals surface area contributed by atoms with Crippen molar-refractivity contribution in [1.82, 2.24) is 30.0 Å². The van der Waals surface area contributed by atoms with E-state index in [-0.39, 0.29) is 30.0 Å². The Morgan fingerprint density at radius 3 is 2.52 bits per heavy atom. The Labute approximate surface area is 289 Å². The lowest BCUT2D eigenvalue weighted by Crippen LogP contribution is -2.63. The molecule has 2 bridgehead atoms. The molecule has 2 aliphatic heterocycles. The third-order valence-corrected chi connectivity index (χ3v) is 12.3. The van der Waals surface area contributed by atoms with Crippen molar-refractivity contribution in [3.63, 3.8) is 0 Å². The van der Waals surface area contributed by atoms with E-state index in [0.717, 1.165) is 61.8 Å². The van der Waals surface area contributed by atoms with E-state index in [1.54, 1.807) is 0 Å². The summed E-state index contributed by atoms with van der Waals surface area (Å²) in [5, 5.41) is 8.19. The molecule has 3 heterocycles. The number of carbonyl (C=O) groups excluding carboxylic acids is 1. The van der Waals surface area contributed by atoms with Gasteiger partial charge in [0.25, 0.3) is 5.56 Å². The number of piperazine rings is 1. The van der Waals surface area contributed by atoms with E-state index in [2.05, 4.69) is 48.3 Å². The minimum Gasteiger partial charge on any atom is -0.353 e. The van der Waals surface area contributed by atoms with E-state index >= 15 is 0 Å². The van der Waals surface area contributed by atoms with Gasteiger partial charge in [0, 0.05) is 36.1 Å². The second kappa shape index (κ2) is 13.1. The fourth-order valence-electron chi connectivity index (χ4n) is 8.90. The molecular formula is C38H50ClN7O2. The number of halogens is 1. The molecule has 5 fully saturated rings. The van der Waals surface area contributed by atoms with Crippen LogP contribution in [0.2, 0.25) is 5.02 Å². The van der Waals surface area contributed by atoms with Gasteiger partial charge in [-0.25, -0.2) is 9.98 Å². The summed E-state index contributed by atoms with van der Waals surface area (Å²) in [6, 6.07) is 13.9. The predicted octanol–water partition coefficient (Wildman–Crippen LogP) is 5.57. The molecule has 8 rings (SSSR count). The Kier molecular flexibility index (Phi) is 9.04. The molecule has 1 aromatic heterocycles. The van der Waals surface area contributed by atoms with Crippen LogP contribution in [-0.2, 0) is 17.8 Å². The SMILES string of the molecule is C[C@H]1[C@@H](NC(=Nc2ccc3c(=O)n(CCc4ccc(Cl)cc4)c(C4CCN(C)CC4)nc3c2)N2CC(=O)N[C@@H](C)C2)C[C@@H]2C[C@@H]1C2(C)C. The van der Waals surface area contributed by atoms with E-state index in [4.69, 9.17) is 21.6 Å². The van der Waals surface area contributed by atoms with Gasteiger partial charge in [-0.3, -0.25) is 14.2 Å². The molecular weight excluding hydrogens is 622 g/mol. The third-order valence-electron chi connectivity index (χ3n) is 12.0. The Morgan fingerprint density at radius 2 is 1.83 bits per heavy atom. The average molecular weight is 672 g/mol. The number of piperidine rings is 1. The molecule has 0 radical (unpaired) electrons. The molecule has 0 unspecified atom stereocenters. The lowest BCUT2D eigenvalue weighted by molar-refractivity contribution is -0.124. The number of guanidine groups is 1. The summed E-state index contributed by atoms with van der Waals surface area (Å²) in [6.45, 7) is 12.7. The molecule has 48 heavy (non-hydrogen) atoms. The summed E-state index contributed by atoms with van der Waals surface area (Å²) in [5.41, 5.74) is 2.93. The maximum atomic E-state index is 14.2.